The molecule has 3 N–H and O–H groups in total. The van der Waals surface area contributed by atoms with Crippen molar-refractivity contribution in [3.05, 3.63) is 0 Å². The van der Waals surface area contributed by atoms with Crippen molar-refractivity contribution in [2.75, 3.05) is 0 Å². The average Bonchev–Trinajstić information content (AvgIpc) is 1.97. The van der Waals surface area contributed by atoms with Crippen molar-refractivity contribution >= 4 is 11.8 Å². The van der Waals surface area contributed by atoms with Crippen LogP contribution in [0.25, 0.3) is 0 Å². The highest BCUT2D eigenvalue weighted by atomic mass is 16.4. The summed E-state index contributed by atoms with van der Waals surface area (Å²) in [6.45, 7) is 1.52. The fourth-order valence-corrected chi connectivity index (χ4v) is 0.862. The first-order chi connectivity index (χ1) is 5.54. The van der Waals surface area contributed by atoms with Gasteiger partial charge in [-0.1, -0.05) is 6.42 Å². The lowest BCUT2D eigenvalue weighted by atomic mass is 10.1. The third kappa shape index (κ3) is 5.85. The fraction of sp³-hybridized carbons (Fsp3) is 0.750. The van der Waals surface area contributed by atoms with Crippen molar-refractivity contribution < 1.29 is 14.7 Å². The van der Waals surface area contributed by atoms with E-state index in [1.165, 1.54) is 6.92 Å². The molecule has 0 spiro atoms. The minimum atomic E-state index is -0.974. The van der Waals surface area contributed by atoms with E-state index in [9.17, 15) is 9.59 Å². The molecule has 0 aliphatic heterocycles. The second-order valence-corrected chi connectivity index (χ2v) is 2.89. The lowest BCUT2D eigenvalue weighted by Gasteiger charge is -2.04. The summed E-state index contributed by atoms with van der Waals surface area (Å²) in [5.41, 5.74) is 5.25. The van der Waals surface area contributed by atoms with Crippen LogP contribution in [0.4, 0.5) is 0 Å². The van der Waals surface area contributed by atoms with E-state index in [1.54, 1.807) is 0 Å². The minimum Gasteiger partial charge on any atom is -0.480 e. The normalized spacial score (nSPS) is 12.5. The first kappa shape index (κ1) is 11.1. The SMILES string of the molecule is CC(=O)CCCC[C@H](N)C(=O)O. The molecule has 0 aliphatic rings. The van der Waals surface area contributed by atoms with E-state index >= 15 is 0 Å². The fourth-order valence-electron chi connectivity index (χ4n) is 0.862. The maximum atomic E-state index is 10.5. The third-order valence-electron chi connectivity index (χ3n) is 1.61. The molecular weight excluding hydrogens is 158 g/mol. The number of aliphatic carboxylic acids is 1. The van der Waals surface area contributed by atoms with Crippen LogP contribution in [-0.4, -0.2) is 22.9 Å². The minimum absolute atomic E-state index is 0.138. The second-order valence-electron chi connectivity index (χ2n) is 2.89. The summed E-state index contributed by atoms with van der Waals surface area (Å²) in [5, 5.41) is 8.40. The van der Waals surface area contributed by atoms with Gasteiger partial charge in [-0.25, -0.2) is 0 Å². The van der Waals surface area contributed by atoms with E-state index < -0.39 is 12.0 Å². The van der Waals surface area contributed by atoms with Crippen molar-refractivity contribution in [2.24, 2.45) is 5.73 Å². The summed E-state index contributed by atoms with van der Waals surface area (Å²) < 4.78 is 0. The predicted octanol–water partition coefficient (Wildman–Crippen LogP) is 0.548. The molecule has 1 atom stereocenters. The predicted molar refractivity (Wildman–Crippen MR) is 44.8 cm³/mol. The lowest BCUT2D eigenvalue weighted by molar-refractivity contribution is -0.138. The van der Waals surface area contributed by atoms with Gasteiger partial charge in [-0.05, 0) is 19.8 Å². The number of nitrogens with two attached hydrogens (primary N) is 1. The van der Waals surface area contributed by atoms with Gasteiger partial charge in [0, 0.05) is 6.42 Å². The Balaban J connectivity index is 3.31. The number of carboxylic acids is 1. The number of Topliss-reactive ketones (excluding diaryl/α,β-unsaturated/α-hetero) is 1. The summed E-state index contributed by atoms with van der Waals surface area (Å²) in [5.74, 6) is -0.836. The molecule has 12 heavy (non-hydrogen) atoms. The molecule has 0 radical (unpaired) electrons. The number of carbonyl (C=O) groups excluding carboxylic acids is 1. The Hall–Kier alpha value is -0.900. The van der Waals surface area contributed by atoms with Crippen LogP contribution >= 0.6 is 0 Å². The summed E-state index contributed by atoms with van der Waals surface area (Å²) in [6, 6.07) is -0.781. The summed E-state index contributed by atoms with van der Waals surface area (Å²) >= 11 is 0. The third-order valence-corrected chi connectivity index (χ3v) is 1.61. The van der Waals surface area contributed by atoms with Gasteiger partial charge in [-0.2, -0.15) is 0 Å². The van der Waals surface area contributed by atoms with Gasteiger partial charge in [0.15, 0.2) is 0 Å². The molecule has 0 aromatic rings. The van der Waals surface area contributed by atoms with Crippen molar-refractivity contribution in [2.45, 2.75) is 38.6 Å². The highest BCUT2D eigenvalue weighted by Gasteiger charge is 2.09. The van der Waals surface area contributed by atoms with Crippen LogP contribution in [0.5, 0.6) is 0 Å². The van der Waals surface area contributed by atoms with E-state index in [2.05, 4.69) is 0 Å². The number of rotatable bonds is 6. The highest BCUT2D eigenvalue weighted by molar-refractivity contribution is 5.75. The molecule has 0 unspecified atom stereocenters. The molecule has 70 valence electrons. The summed E-state index contributed by atoms with van der Waals surface area (Å²) in [4.78, 5) is 20.7. The molecule has 0 amide bonds. The van der Waals surface area contributed by atoms with Gasteiger partial charge in [0.25, 0.3) is 0 Å². The van der Waals surface area contributed by atoms with Crippen LogP contribution in [0.2, 0.25) is 0 Å². The Morgan fingerprint density at radius 1 is 1.42 bits per heavy atom. The number of carboxylic acid groups (broad SMARTS) is 1. The van der Waals surface area contributed by atoms with E-state index in [1.807, 2.05) is 0 Å². The summed E-state index contributed by atoms with van der Waals surface area (Å²) in [7, 11) is 0. The van der Waals surface area contributed by atoms with Crippen molar-refractivity contribution in [1.82, 2.24) is 0 Å². The monoisotopic (exact) mass is 173 g/mol. The van der Waals surface area contributed by atoms with Crippen LogP contribution in [-0.2, 0) is 9.59 Å². The highest BCUT2D eigenvalue weighted by Crippen LogP contribution is 2.02. The van der Waals surface area contributed by atoms with Crippen molar-refractivity contribution in [3.8, 4) is 0 Å². The van der Waals surface area contributed by atoms with Crippen LogP contribution in [0.15, 0.2) is 0 Å². The molecule has 0 saturated heterocycles. The maximum absolute atomic E-state index is 10.5. The molecule has 0 rings (SSSR count). The van der Waals surface area contributed by atoms with Crippen LogP contribution in [0.1, 0.15) is 32.6 Å². The first-order valence-corrected chi connectivity index (χ1v) is 4.02. The maximum Gasteiger partial charge on any atom is 0.320 e. The molecular formula is C8H15NO3. The van der Waals surface area contributed by atoms with E-state index in [0.29, 0.717) is 19.3 Å². The number of hydrogen-bond donors (Lipinski definition) is 2. The number of ketones is 1. The average molecular weight is 173 g/mol. The van der Waals surface area contributed by atoms with Crippen LogP contribution in [0.3, 0.4) is 0 Å². The number of carbonyl (C=O) groups is 2. The van der Waals surface area contributed by atoms with Gasteiger partial charge < -0.3 is 15.6 Å². The Kier molecular flexibility index (Phi) is 5.28. The Bertz CT molecular complexity index is 168. The first-order valence-electron chi connectivity index (χ1n) is 4.02. The zero-order valence-electron chi connectivity index (χ0n) is 7.25. The molecule has 4 heteroatoms. The van der Waals surface area contributed by atoms with Gasteiger partial charge >= 0.3 is 5.97 Å². The van der Waals surface area contributed by atoms with Gasteiger partial charge in [0.2, 0.25) is 0 Å². The Morgan fingerprint density at radius 3 is 2.42 bits per heavy atom. The smallest absolute Gasteiger partial charge is 0.320 e. The topological polar surface area (TPSA) is 80.4 Å². The summed E-state index contributed by atoms with van der Waals surface area (Å²) in [6.07, 6.45) is 2.40. The van der Waals surface area contributed by atoms with Gasteiger partial charge in [-0.15, -0.1) is 0 Å². The second kappa shape index (κ2) is 5.71. The Morgan fingerprint density at radius 2 is 2.00 bits per heavy atom. The zero-order valence-corrected chi connectivity index (χ0v) is 7.25. The largest absolute Gasteiger partial charge is 0.480 e. The van der Waals surface area contributed by atoms with Crippen LogP contribution in [0, 0.1) is 0 Å². The molecule has 0 bridgehead atoms. The van der Waals surface area contributed by atoms with Gasteiger partial charge in [-0.3, -0.25) is 4.79 Å². The molecule has 0 aliphatic carbocycles. The lowest BCUT2D eigenvalue weighted by Crippen LogP contribution is -2.29. The van der Waals surface area contributed by atoms with Crippen molar-refractivity contribution in [1.29, 1.82) is 0 Å². The molecule has 0 fully saturated rings. The van der Waals surface area contributed by atoms with E-state index in [4.69, 9.17) is 10.8 Å². The molecule has 0 saturated carbocycles. The van der Waals surface area contributed by atoms with Crippen molar-refractivity contribution in [3.63, 3.8) is 0 Å². The molecule has 0 aromatic carbocycles. The standard InChI is InChI=1S/C8H15NO3/c1-6(10)4-2-3-5-7(9)8(11)12/h7H,2-5,9H2,1H3,(H,11,12)/t7-/m0/s1. The van der Waals surface area contributed by atoms with E-state index in [0.717, 1.165) is 6.42 Å². The molecule has 0 aromatic heterocycles. The zero-order chi connectivity index (χ0) is 9.56. The number of hydrogen-bond acceptors (Lipinski definition) is 3. The Labute approximate surface area is 71.8 Å². The van der Waals surface area contributed by atoms with Crippen LogP contribution < -0.4 is 5.73 Å². The van der Waals surface area contributed by atoms with Gasteiger partial charge in [0.05, 0.1) is 0 Å². The van der Waals surface area contributed by atoms with E-state index in [-0.39, 0.29) is 5.78 Å². The molecule has 4 nitrogen and oxygen atoms in total. The van der Waals surface area contributed by atoms with Gasteiger partial charge in [0.1, 0.15) is 11.8 Å². The quantitative estimate of drug-likeness (QED) is 0.575. The number of unbranched alkanes of at least 4 members (excludes halogenated alkanes) is 1. The molecule has 0 heterocycles.